The molecule has 2 aromatic rings. The van der Waals surface area contributed by atoms with Crippen molar-refractivity contribution in [2.24, 2.45) is 5.92 Å². The largest absolute Gasteiger partial charge is 0.494 e. The standard InChI is InChI=1S/C24H31FN2O/c25-23-6-3-20(4-7-23)17-27-14-1-2-21-16-24(8-5-22(21)18-27)28-15-11-19-9-12-26-13-10-19/h3-8,16,19,26H,1-2,9-15,17-18H2. The van der Waals surface area contributed by atoms with Gasteiger partial charge in [0.15, 0.2) is 0 Å². The Morgan fingerprint density at radius 2 is 1.86 bits per heavy atom. The van der Waals surface area contributed by atoms with Gasteiger partial charge in [-0.2, -0.15) is 0 Å². The molecule has 2 heterocycles. The number of hydrogen-bond acceptors (Lipinski definition) is 3. The fraction of sp³-hybridized carbons (Fsp3) is 0.500. The van der Waals surface area contributed by atoms with E-state index >= 15 is 0 Å². The van der Waals surface area contributed by atoms with E-state index in [1.807, 2.05) is 12.1 Å². The highest BCUT2D eigenvalue weighted by atomic mass is 19.1. The molecule has 0 amide bonds. The van der Waals surface area contributed by atoms with Crippen LogP contribution in [0.1, 0.15) is 42.4 Å². The van der Waals surface area contributed by atoms with Crippen molar-refractivity contribution in [1.82, 2.24) is 10.2 Å². The van der Waals surface area contributed by atoms with Crippen molar-refractivity contribution in [3.05, 3.63) is 65.0 Å². The van der Waals surface area contributed by atoms with Crippen LogP contribution >= 0.6 is 0 Å². The zero-order valence-corrected chi connectivity index (χ0v) is 16.6. The molecule has 4 rings (SSSR count). The number of ether oxygens (including phenoxy) is 1. The summed E-state index contributed by atoms with van der Waals surface area (Å²) in [6.45, 7) is 6.00. The Morgan fingerprint density at radius 1 is 1.04 bits per heavy atom. The first-order valence-corrected chi connectivity index (χ1v) is 10.7. The summed E-state index contributed by atoms with van der Waals surface area (Å²) in [7, 11) is 0. The molecule has 0 bridgehead atoms. The van der Waals surface area contributed by atoms with Crippen LogP contribution in [0.3, 0.4) is 0 Å². The SMILES string of the molecule is Fc1ccc(CN2CCCc3cc(OCCC4CCNCC4)ccc3C2)cc1. The summed E-state index contributed by atoms with van der Waals surface area (Å²) in [6, 6.07) is 13.5. The zero-order chi connectivity index (χ0) is 19.2. The number of aryl methyl sites for hydroxylation is 1. The first kappa shape index (κ1) is 19.4. The Bertz CT molecular complexity index is 756. The first-order chi connectivity index (χ1) is 13.8. The lowest BCUT2D eigenvalue weighted by Crippen LogP contribution is -2.28. The van der Waals surface area contributed by atoms with Crippen molar-refractivity contribution in [2.75, 3.05) is 26.2 Å². The van der Waals surface area contributed by atoms with Gasteiger partial charge in [-0.25, -0.2) is 4.39 Å². The quantitative estimate of drug-likeness (QED) is 0.794. The molecule has 1 N–H and O–H groups in total. The van der Waals surface area contributed by atoms with E-state index in [0.717, 1.165) is 70.3 Å². The molecule has 28 heavy (non-hydrogen) atoms. The third-order valence-electron chi connectivity index (χ3n) is 6.07. The molecule has 0 saturated carbocycles. The molecule has 2 aliphatic heterocycles. The Morgan fingerprint density at radius 3 is 2.68 bits per heavy atom. The van der Waals surface area contributed by atoms with Crippen molar-refractivity contribution in [3.63, 3.8) is 0 Å². The van der Waals surface area contributed by atoms with Crippen molar-refractivity contribution in [2.45, 2.75) is 45.2 Å². The molecule has 0 atom stereocenters. The number of rotatable bonds is 6. The molecule has 150 valence electrons. The molecule has 0 aliphatic carbocycles. The van der Waals surface area contributed by atoms with E-state index in [9.17, 15) is 4.39 Å². The van der Waals surface area contributed by atoms with Crippen LogP contribution < -0.4 is 10.1 Å². The van der Waals surface area contributed by atoms with Gasteiger partial charge in [0.25, 0.3) is 0 Å². The molecule has 0 unspecified atom stereocenters. The molecule has 1 saturated heterocycles. The van der Waals surface area contributed by atoms with Crippen LogP contribution in [-0.2, 0) is 19.5 Å². The highest BCUT2D eigenvalue weighted by Gasteiger charge is 2.16. The van der Waals surface area contributed by atoms with Gasteiger partial charge in [-0.05, 0) is 98.6 Å². The molecule has 0 aromatic heterocycles. The molecule has 2 aromatic carbocycles. The van der Waals surface area contributed by atoms with Crippen LogP contribution in [0.5, 0.6) is 5.75 Å². The maximum absolute atomic E-state index is 13.1. The lowest BCUT2D eigenvalue weighted by atomic mass is 9.95. The Kier molecular flexibility index (Phi) is 6.61. The van der Waals surface area contributed by atoms with Gasteiger partial charge in [0.1, 0.15) is 11.6 Å². The summed E-state index contributed by atoms with van der Waals surface area (Å²) in [5.41, 5.74) is 3.98. The minimum absolute atomic E-state index is 0.169. The third-order valence-corrected chi connectivity index (χ3v) is 6.07. The van der Waals surface area contributed by atoms with E-state index in [-0.39, 0.29) is 5.82 Å². The topological polar surface area (TPSA) is 24.5 Å². The fourth-order valence-electron chi connectivity index (χ4n) is 4.39. The minimum atomic E-state index is -0.169. The number of benzene rings is 2. The third kappa shape index (κ3) is 5.33. The molecule has 4 heteroatoms. The van der Waals surface area contributed by atoms with Gasteiger partial charge in [-0.1, -0.05) is 18.2 Å². The summed E-state index contributed by atoms with van der Waals surface area (Å²) in [5, 5.41) is 3.42. The second kappa shape index (κ2) is 9.53. The predicted molar refractivity (Wildman–Crippen MR) is 111 cm³/mol. The van der Waals surface area contributed by atoms with Crippen LogP contribution in [0.15, 0.2) is 42.5 Å². The van der Waals surface area contributed by atoms with E-state index < -0.39 is 0 Å². The second-order valence-electron chi connectivity index (χ2n) is 8.20. The number of fused-ring (bicyclic) bond motifs is 1. The molecular weight excluding hydrogens is 351 g/mol. The average molecular weight is 383 g/mol. The minimum Gasteiger partial charge on any atom is -0.494 e. The summed E-state index contributed by atoms with van der Waals surface area (Å²) in [6.07, 6.45) is 5.95. The molecular formula is C24H31FN2O. The number of halogens is 1. The Hall–Kier alpha value is -1.91. The monoisotopic (exact) mass is 382 g/mol. The summed E-state index contributed by atoms with van der Waals surface area (Å²) in [4.78, 5) is 2.46. The van der Waals surface area contributed by atoms with Gasteiger partial charge >= 0.3 is 0 Å². The van der Waals surface area contributed by atoms with Crippen LogP contribution in [0.4, 0.5) is 4.39 Å². The Balaban J connectivity index is 1.32. The number of nitrogens with zero attached hydrogens (tertiary/aromatic N) is 1. The first-order valence-electron chi connectivity index (χ1n) is 10.7. The molecule has 3 nitrogen and oxygen atoms in total. The maximum atomic E-state index is 13.1. The lowest BCUT2D eigenvalue weighted by molar-refractivity contribution is 0.251. The molecule has 1 fully saturated rings. The molecule has 0 radical (unpaired) electrons. The maximum Gasteiger partial charge on any atom is 0.123 e. The van der Waals surface area contributed by atoms with Gasteiger partial charge in [-0.15, -0.1) is 0 Å². The van der Waals surface area contributed by atoms with Gasteiger partial charge in [-0.3, -0.25) is 4.90 Å². The van der Waals surface area contributed by atoms with Crippen LogP contribution in [-0.4, -0.2) is 31.1 Å². The smallest absolute Gasteiger partial charge is 0.123 e. The van der Waals surface area contributed by atoms with E-state index in [1.54, 1.807) is 12.1 Å². The summed E-state index contributed by atoms with van der Waals surface area (Å²) in [5.74, 6) is 1.65. The second-order valence-corrected chi connectivity index (χ2v) is 8.20. The van der Waals surface area contributed by atoms with Crippen LogP contribution in [0, 0.1) is 11.7 Å². The van der Waals surface area contributed by atoms with E-state index in [1.165, 1.54) is 29.5 Å². The van der Waals surface area contributed by atoms with E-state index in [4.69, 9.17) is 4.74 Å². The van der Waals surface area contributed by atoms with Gasteiger partial charge in [0.05, 0.1) is 6.61 Å². The van der Waals surface area contributed by atoms with E-state index in [2.05, 4.69) is 28.4 Å². The number of hydrogen-bond donors (Lipinski definition) is 1. The van der Waals surface area contributed by atoms with Crippen molar-refractivity contribution >= 4 is 0 Å². The van der Waals surface area contributed by atoms with Crippen molar-refractivity contribution < 1.29 is 9.13 Å². The van der Waals surface area contributed by atoms with Gasteiger partial charge in [0, 0.05) is 13.1 Å². The van der Waals surface area contributed by atoms with Crippen LogP contribution in [0.25, 0.3) is 0 Å². The molecule has 0 spiro atoms. The highest BCUT2D eigenvalue weighted by Crippen LogP contribution is 2.25. The summed E-state index contributed by atoms with van der Waals surface area (Å²) < 4.78 is 19.2. The highest BCUT2D eigenvalue weighted by molar-refractivity contribution is 5.36. The normalized spacial score (nSPS) is 18.5. The van der Waals surface area contributed by atoms with Crippen molar-refractivity contribution in [3.8, 4) is 5.75 Å². The molecule has 2 aliphatic rings. The van der Waals surface area contributed by atoms with E-state index in [0.29, 0.717) is 0 Å². The van der Waals surface area contributed by atoms with Gasteiger partial charge < -0.3 is 10.1 Å². The fourth-order valence-corrected chi connectivity index (χ4v) is 4.39. The summed E-state index contributed by atoms with van der Waals surface area (Å²) >= 11 is 0. The Labute approximate surface area is 167 Å². The average Bonchev–Trinajstić information content (AvgIpc) is 2.92. The van der Waals surface area contributed by atoms with Crippen LogP contribution in [0.2, 0.25) is 0 Å². The number of nitrogens with one attached hydrogen (secondary N) is 1. The predicted octanol–water partition coefficient (Wildman–Crippen LogP) is 4.54. The van der Waals surface area contributed by atoms with Crippen molar-refractivity contribution in [1.29, 1.82) is 0 Å². The number of piperidine rings is 1. The van der Waals surface area contributed by atoms with Gasteiger partial charge in [0.2, 0.25) is 0 Å². The lowest BCUT2D eigenvalue weighted by Gasteiger charge is -2.22. The zero-order valence-electron chi connectivity index (χ0n) is 16.6.